The Hall–Kier alpha value is -1.92. The Bertz CT molecular complexity index is 326. The maximum atomic E-state index is 9.10. The molecule has 0 aromatic heterocycles. The van der Waals surface area contributed by atoms with Crippen molar-refractivity contribution >= 4 is 11.9 Å². The van der Waals surface area contributed by atoms with E-state index in [-0.39, 0.29) is 6.04 Å². The van der Waals surface area contributed by atoms with Gasteiger partial charge >= 0.3 is 11.9 Å². The first-order valence-electron chi connectivity index (χ1n) is 4.39. The molecule has 0 saturated heterocycles. The third-order valence-corrected chi connectivity index (χ3v) is 1.68. The molecule has 0 aliphatic carbocycles. The first-order chi connectivity index (χ1) is 7.49. The van der Waals surface area contributed by atoms with Crippen LogP contribution in [0.4, 0.5) is 0 Å². The summed E-state index contributed by atoms with van der Waals surface area (Å²) >= 11 is 0. The number of carboxylic acids is 2. The van der Waals surface area contributed by atoms with E-state index in [0.29, 0.717) is 0 Å². The molecule has 0 aliphatic heterocycles. The van der Waals surface area contributed by atoms with Crippen molar-refractivity contribution in [2.75, 3.05) is 0 Å². The maximum Gasteiger partial charge on any atom is 0.414 e. The van der Waals surface area contributed by atoms with Crippen LogP contribution in [-0.2, 0) is 9.59 Å². The first kappa shape index (κ1) is 14.1. The van der Waals surface area contributed by atoms with Gasteiger partial charge in [-0.3, -0.25) is 0 Å². The summed E-state index contributed by atoms with van der Waals surface area (Å²) in [5.74, 6) is -3.65. The molecule has 1 unspecified atom stereocenters. The minimum absolute atomic E-state index is 0.0150. The summed E-state index contributed by atoms with van der Waals surface area (Å²) in [5.41, 5.74) is 3.27. The Morgan fingerprint density at radius 2 is 1.56 bits per heavy atom. The van der Waals surface area contributed by atoms with E-state index in [1.54, 1.807) is 0 Å². The lowest BCUT2D eigenvalue weighted by atomic mass is 10.1. The van der Waals surface area contributed by atoms with Crippen molar-refractivity contribution in [1.82, 2.24) is 5.48 Å². The predicted molar refractivity (Wildman–Crippen MR) is 55.1 cm³/mol. The molecule has 0 spiro atoms. The predicted octanol–water partition coefficient (Wildman–Crippen LogP) is 0.882. The smallest absolute Gasteiger partial charge is 0.414 e. The van der Waals surface area contributed by atoms with E-state index in [1.807, 2.05) is 37.3 Å². The van der Waals surface area contributed by atoms with E-state index in [1.165, 1.54) is 0 Å². The monoisotopic (exact) mass is 227 g/mol. The average molecular weight is 227 g/mol. The van der Waals surface area contributed by atoms with Crippen LogP contribution in [-0.4, -0.2) is 27.4 Å². The van der Waals surface area contributed by atoms with Crippen LogP contribution in [0.15, 0.2) is 30.3 Å². The van der Waals surface area contributed by atoms with Crippen molar-refractivity contribution in [2.24, 2.45) is 0 Å². The highest BCUT2D eigenvalue weighted by molar-refractivity contribution is 6.27. The summed E-state index contributed by atoms with van der Waals surface area (Å²) < 4.78 is 0. The molecule has 1 aromatic carbocycles. The van der Waals surface area contributed by atoms with Gasteiger partial charge in [-0.25, -0.2) is 9.59 Å². The molecule has 0 fully saturated rings. The number of carboxylic acid groups (broad SMARTS) is 2. The average Bonchev–Trinajstić information content (AvgIpc) is 2.30. The van der Waals surface area contributed by atoms with Crippen LogP contribution >= 0.6 is 0 Å². The number of benzene rings is 1. The van der Waals surface area contributed by atoms with Gasteiger partial charge in [0.25, 0.3) is 0 Å². The minimum atomic E-state index is -1.82. The SMILES string of the molecule is CC(NO)c1ccccc1.O=C(O)C(=O)O. The molecule has 1 aromatic rings. The van der Waals surface area contributed by atoms with Crippen LogP contribution in [0.1, 0.15) is 18.5 Å². The highest BCUT2D eigenvalue weighted by Crippen LogP contribution is 2.09. The van der Waals surface area contributed by atoms with Crippen LogP contribution < -0.4 is 5.48 Å². The molecule has 6 nitrogen and oxygen atoms in total. The van der Waals surface area contributed by atoms with Crippen molar-refractivity contribution in [2.45, 2.75) is 13.0 Å². The van der Waals surface area contributed by atoms with E-state index >= 15 is 0 Å². The van der Waals surface area contributed by atoms with Gasteiger partial charge in [-0.05, 0) is 12.5 Å². The molecule has 0 saturated carbocycles. The van der Waals surface area contributed by atoms with Gasteiger partial charge < -0.3 is 15.4 Å². The number of hydroxylamine groups is 1. The molecule has 0 bridgehead atoms. The van der Waals surface area contributed by atoms with Crippen molar-refractivity contribution in [3.05, 3.63) is 35.9 Å². The van der Waals surface area contributed by atoms with E-state index in [4.69, 9.17) is 25.0 Å². The fourth-order valence-electron chi connectivity index (χ4n) is 0.816. The van der Waals surface area contributed by atoms with Crippen molar-refractivity contribution < 1.29 is 25.0 Å². The fraction of sp³-hybridized carbons (Fsp3) is 0.200. The standard InChI is InChI=1S/C8H11NO.C2H2O4/c1-7(9-10)8-5-3-2-4-6-8;3-1(4)2(5)6/h2-7,9-10H,1H3;(H,3,4)(H,5,6). The van der Waals surface area contributed by atoms with Crippen molar-refractivity contribution in [1.29, 1.82) is 0 Å². The van der Waals surface area contributed by atoms with Crippen LogP contribution in [0.3, 0.4) is 0 Å². The first-order valence-corrected chi connectivity index (χ1v) is 4.39. The Morgan fingerprint density at radius 3 is 1.88 bits per heavy atom. The highest BCUT2D eigenvalue weighted by Gasteiger charge is 2.04. The van der Waals surface area contributed by atoms with Gasteiger partial charge in [0.1, 0.15) is 0 Å². The number of hydrogen-bond donors (Lipinski definition) is 4. The fourth-order valence-corrected chi connectivity index (χ4v) is 0.816. The molecular formula is C10H13NO5. The molecule has 1 atom stereocenters. The van der Waals surface area contributed by atoms with Crippen LogP contribution in [0.5, 0.6) is 0 Å². The summed E-state index contributed by atoms with van der Waals surface area (Å²) in [6.45, 7) is 1.90. The Kier molecular flexibility index (Phi) is 6.50. The Morgan fingerprint density at radius 1 is 1.12 bits per heavy atom. The van der Waals surface area contributed by atoms with Gasteiger partial charge in [0.2, 0.25) is 0 Å². The van der Waals surface area contributed by atoms with Gasteiger partial charge in [-0.15, -0.1) is 0 Å². The molecule has 0 aliphatic rings. The third kappa shape index (κ3) is 5.74. The molecular weight excluding hydrogens is 214 g/mol. The summed E-state index contributed by atoms with van der Waals surface area (Å²) in [4.78, 5) is 18.2. The summed E-state index contributed by atoms with van der Waals surface area (Å²) in [6, 6.07) is 9.79. The second kappa shape index (κ2) is 7.38. The summed E-state index contributed by atoms with van der Waals surface area (Å²) in [7, 11) is 0. The number of carbonyl (C=O) groups is 2. The van der Waals surface area contributed by atoms with Crippen molar-refractivity contribution in [3.63, 3.8) is 0 Å². The quantitative estimate of drug-likeness (QED) is 0.441. The van der Waals surface area contributed by atoms with Gasteiger partial charge in [-0.1, -0.05) is 30.3 Å². The minimum Gasteiger partial charge on any atom is -0.473 e. The third-order valence-electron chi connectivity index (χ3n) is 1.68. The topological polar surface area (TPSA) is 107 Å². The molecule has 88 valence electrons. The van der Waals surface area contributed by atoms with Gasteiger partial charge in [0, 0.05) is 0 Å². The van der Waals surface area contributed by atoms with Gasteiger partial charge in [-0.2, -0.15) is 5.48 Å². The Labute approximate surface area is 92.1 Å². The van der Waals surface area contributed by atoms with E-state index < -0.39 is 11.9 Å². The number of rotatable bonds is 2. The number of aliphatic carboxylic acids is 2. The van der Waals surface area contributed by atoms with Crippen LogP contribution in [0.25, 0.3) is 0 Å². The summed E-state index contributed by atoms with van der Waals surface area (Å²) in [5, 5.41) is 23.3. The van der Waals surface area contributed by atoms with E-state index in [0.717, 1.165) is 5.56 Å². The van der Waals surface area contributed by atoms with Crippen molar-refractivity contribution in [3.8, 4) is 0 Å². The molecule has 0 radical (unpaired) electrons. The largest absolute Gasteiger partial charge is 0.473 e. The molecule has 0 heterocycles. The zero-order valence-electron chi connectivity index (χ0n) is 8.62. The zero-order valence-corrected chi connectivity index (χ0v) is 8.62. The number of nitrogens with one attached hydrogen (secondary N) is 1. The van der Waals surface area contributed by atoms with Crippen LogP contribution in [0.2, 0.25) is 0 Å². The second-order valence-electron chi connectivity index (χ2n) is 2.87. The normalized spacial score (nSPS) is 10.9. The lowest BCUT2D eigenvalue weighted by Crippen LogP contribution is -2.12. The van der Waals surface area contributed by atoms with Gasteiger partial charge in [0.15, 0.2) is 0 Å². The van der Waals surface area contributed by atoms with E-state index in [9.17, 15) is 0 Å². The second-order valence-corrected chi connectivity index (χ2v) is 2.87. The van der Waals surface area contributed by atoms with Crippen LogP contribution in [0, 0.1) is 0 Å². The molecule has 0 amide bonds. The lowest BCUT2D eigenvalue weighted by Gasteiger charge is -2.07. The van der Waals surface area contributed by atoms with E-state index in [2.05, 4.69) is 5.48 Å². The lowest BCUT2D eigenvalue weighted by molar-refractivity contribution is -0.159. The highest BCUT2D eigenvalue weighted by atomic mass is 16.5. The maximum absolute atomic E-state index is 9.10. The van der Waals surface area contributed by atoms with Gasteiger partial charge in [0.05, 0.1) is 6.04 Å². The molecule has 1 rings (SSSR count). The molecule has 6 heteroatoms. The molecule has 4 N–H and O–H groups in total. The summed E-state index contributed by atoms with van der Waals surface area (Å²) in [6.07, 6.45) is 0. The number of hydrogen-bond acceptors (Lipinski definition) is 4. The molecule has 16 heavy (non-hydrogen) atoms. The Balaban J connectivity index is 0.000000325. The zero-order chi connectivity index (χ0) is 12.6.